The summed E-state index contributed by atoms with van der Waals surface area (Å²) in [6, 6.07) is 13.1. The van der Waals surface area contributed by atoms with Crippen LogP contribution in [0.3, 0.4) is 0 Å². The van der Waals surface area contributed by atoms with Crippen molar-refractivity contribution >= 4 is 11.3 Å². The van der Waals surface area contributed by atoms with E-state index in [2.05, 4.69) is 71.7 Å². The molecular formula is C26H31N7O. The molecule has 0 spiro atoms. The maximum absolute atomic E-state index is 6.09. The van der Waals surface area contributed by atoms with Crippen molar-refractivity contribution < 1.29 is 4.74 Å². The second kappa shape index (κ2) is 7.63. The number of methoxy groups -OCH3 is 1. The third-order valence-electron chi connectivity index (χ3n) is 8.00. The summed E-state index contributed by atoms with van der Waals surface area (Å²) in [5, 5.41) is 13.4. The summed E-state index contributed by atoms with van der Waals surface area (Å²) in [7, 11) is 3.64. The van der Waals surface area contributed by atoms with E-state index in [4.69, 9.17) is 14.8 Å². The molecule has 1 saturated heterocycles. The van der Waals surface area contributed by atoms with Crippen molar-refractivity contribution in [2.75, 3.05) is 25.1 Å². The fourth-order valence-electron chi connectivity index (χ4n) is 5.81. The molecule has 3 aromatic heterocycles. The van der Waals surface area contributed by atoms with E-state index < -0.39 is 5.60 Å². The van der Waals surface area contributed by atoms with Gasteiger partial charge in [-0.1, -0.05) is 42.5 Å². The minimum absolute atomic E-state index is 0.105. The molecule has 3 atom stereocenters. The molecule has 34 heavy (non-hydrogen) atoms. The molecule has 0 radical (unpaired) electrons. The quantitative estimate of drug-likeness (QED) is 0.454. The molecule has 6 rings (SSSR count). The molecule has 2 fully saturated rings. The lowest BCUT2D eigenvalue weighted by atomic mass is 9.67. The summed E-state index contributed by atoms with van der Waals surface area (Å²) >= 11 is 0. The van der Waals surface area contributed by atoms with Gasteiger partial charge in [0.2, 0.25) is 0 Å². The molecule has 1 saturated carbocycles. The van der Waals surface area contributed by atoms with Crippen molar-refractivity contribution in [3.05, 3.63) is 71.4 Å². The van der Waals surface area contributed by atoms with Gasteiger partial charge >= 0.3 is 0 Å². The maximum Gasteiger partial charge on any atom is 0.184 e. The van der Waals surface area contributed by atoms with Gasteiger partial charge in [-0.3, -0.25) is 4.68 Å². The Kier molecular flexibility index (Phi) is 4.78. The normalized spacial score (nSPS) is 26.8. The van der Waals surface area contributed by atoms with Gasteiger partial charge in [0.05, 0.1) is 17.6 Å². The number of hydrogen-bond donors (Lipinski definition) is 0. The first kappa shape index (κ1) is 21.3. The Morgan fingerprint density at radius 1 is 1.12 bits per heavy atom. The number of aryl methyl sites for hydroxylation is 2. The Morgan fingerprint density at radius 3 is 2.62 bits per heavy atom. The molecule has 2 unspecified atom stereocenters. The summed E-state index contributed by atoms with van der Waals surface area (Å²) in [6.07, 6.45) is 7.07. The van der Waals surface area contributed by atoms with E-state index in [-0.39, 0.29) is 11.3 Å². The molecular weight excluding hydrogens is 426 g/mol. The molecule has 1 aliphatic heterocycles. The lowest BCUT2D eigenvalue weighted by molar-refractivity contribution is -0.107. The summed E-state index contributed by atoms with van der Waals surface area (Å²) in [5.41, 5.74) is 5.11. The van der Waals surface area contributed by atoms with Crippen LogP contribution in [0.15, 0.2) is 48.8 Å². The molecule has 176 valence electrons. The monoisotopic (exact) mass is 457 g/mol. The van der Waals surface area contributed by atoms with Gasteiger partial charge in [-0.15, -0.1) is 10.2 Å². The van der Waals surface area contributed by atoms with Crippen molar-refractivity contribution in [2.45, 2.75) is 50.0 Å². The Hall–Kier alpha value is -3.26. The van der Waals surface area contributed by atoms with Crippen LogP contribution in [0.25, 0.3) is 5.65 Å². The molecule has 0 bridgehead atoms. The van der Waals surface area contributed by atoms with Crippen molar-refractivity contribution in [3.8, 4) is 0 Å². The smallest absolute Gasteiger partial charge is 0.184 e. The van der Waals surface area contributed by atoms with Crippen LogP contribution < -0.4 is 4.90 Å². The van der Waals surface area contributed by atoms with Crippen LogP contribution in [-0.2, 0) is 22.8 Å². The average Bonchev–Trinajstić information content (AvgIpc) is 3.54. The molecule has 8 nitrogen and oxygen atoms in total. The van der Waals surface area contributed by atoms with Crippen LogP contribution in [0.1, 0.15) is 54.7 Å². The van der Waals surface area contributed by atoms with Gasteiger partial charge < -0.3 is 9.64 Å². The lowest BCUT2D eigenvalue weighted by Crippen LogP contribution is -2.45. The number of benzene rings is 1. The van der Waals surface area contributed by atoms with Gasteiger partial charge in [0.15, 0.2) is 11.5 Å². The average molecular weight is 458 g/mol. The first-order chi connectivity index (χ1) is 16.4. The van der Waals surface area contributed by atoms with Crippen LogP contribution in [0.5, 0.6) is 0 Å². The Labute approximate surface area is 199 Å². The van der Waals surface area contributed by atoms with Crippen molar-refractivity contribution in [2.24, 2.45) is 7.05 Å². The standard InChI is InChI=1S/C26H31N7O/c1-18-14-20(32-13-12-25(2,17-32)19-8-6-5-7-9-19)15-33-23(18)27-24(29-33)26(34-4)11-10-21(26)22-16-31(3)30-28-22/h5-9,14-16,21H,10-13,17H2,1-4H3/t21?,25-,26?/m0/s1. The highest BCUT2D eigenvalue weighted by atomic mass is 16.5. The highest BCUT2D eigenvalue weighted by Crippen LogP contribution is 2.53. The van der Waals surface area contributed by atoms with Gasteiger partial charge in [-0.05, 0) is 43.4 Å². The first-order valence-corrected chi connectivity index (χ1v) is 12.0. The number of rotatable bonds is 5. The molecule has 0 N–H and O–H groups in total. The number of pyridine rings is 1. The second-order valence-electron chi connectivity index (χ2n) is 10.2. The largest absolute Gasteiger partial charge is 0.369 e. The van der Waals surface area contributed by atoms with Gasteiger partial charge in [-0.25, -0.2) is 9.50 Å². The molecule has 8 heteroatoms. The first-order valence-electron chi connectivity index (χ1n) is 12.0. The predicted molar refractivity (Wildman–Crippen MR) is 130 cm³/mol. The Morgan fingerprint density at radius 2 is 1.94 bits per heavy atom. The van der Waals surface area contributed by atoms with Gasteiger partial charge in [-0.2, -0.15) is 0 Å². The number of fused-ring (bicyclic) bond motifs is 1. The number of anilines is 1. The van der Waals surface area contributed by atoms with E-state index in [1.165, 1.54) is 11.3 Å². The van der Waals surface area contributed by atoms with E-state index in [1.54, 1.807) is 11.8 Å². The molecule has 0 amide bonds. The third kappa shape index (κ3) is 3.15. The van der Waals surface area contributed by atoms with Gasteiger partial charge in [0, 0.05) is 44.8 Å². The lowest BCUT2D eigenvalue weighted by Gasteiger charge is -2.45. The van der Waals surface area contributed by atoms with Crippen LogP contribution in [0.2, 0.25) is 0 Å². The SMILES string of the molecule is COC1(c2nc3c(C)cc(N4CC[C@](C)(c5ccccc5)C4)cn3n2)CCC1c1cn(C)nn1. The summed E-state index contributed by atoms with van der Waals surface area (Å²) in [6.45, 7) is 6.49. The predicted octanol–water partition coefficient (Wildman–Crippen LogP) is 3.75. The van der Waals surface area contributed by atoms with Crippen LogP contribution in [0.4, 0.5) is 5.69 Å². The fraction of sp³-hybridized carbons (Fsp3) is 0.462. The summed E-state index contributed by atoms with van der Waals surface area (Å²) in [5.74, 6) is 0.834. The zero-order valence-electron chi connectivity index (χ0n) is 20.3. The zero-order valence-corrected chi connectivity index (χ0v) is 20.3. The van der Waals surface area contributed by atoms with E-state index in [0.717, 1.165) is 55.1 Å². The van der Waals surface area contributed by atoms with Gasteiger partial charge in [0.25, 0.3) is 0 Å². The highest BCUT2D eigenvalue weighted by Gasteiger charge is 2.53. The van der Waals surface area contributed by atoms with Crippen molar-refractivity contribution in [1.82, 2.24) is 29.6 Å². The second-order valence-corrected chi connectivity index (χ2v) is 10.2. The number of nitrogens with zero attached hydrogens (tertiary/aromatic N) is 7. The molecule has 1 aromatic carbocycles. The number of aromatic nitrogens is 6. The Balaban J connectivity index is 1.33. The van der Waals surface area contributed by atoms with E-state index in [0.29, 0.717) is 0 Å². The van der Waals surface area contributed by atoms with Crippen LogP contribution in [-0.4, -0.2) is 49.8 Å². The summed E-state index contributed by atoms with van der Waals surface area (Å²) in [4.78, 5) is 7.43. The van der Waals surface area contributed by atoms with Crippen LogP contribution in [0, 0.1) is 6.92 Å². The zero-order chi connectivity index (χ0) is 23.5. The van der Waals surface area contributed by atoms with Crippen LogP contribution >= 0.6 is 0 Å². The Bertz CT molecular complexity index is 1340. The van der Waals surface area contributed by atoms with Gasteiger partial charge in [0.1, 0.15) is 5.60 Å². The molecule has 1 aliphatic carbocycles. The topological polar surface area (TPSA) is 73.4 Å². The van der Waals surface area contributed by atoms with E-state index >= 15 is 0 Å². The van der Waals surface area contributed by atoms with E-state index in [9.17, 15) is 0 Å². The van der Waals surface area contributed by atoms with E-state index in [1.807, 2.05) is 17.8 Å². The van der Waals surface area contributed by atoms with Crippen molar-refractivity contribution in [1.29, 1.82) is 0 Å². The molecule has 2 aliphatic rings. The maximum atomic E-state index is 6.09. The minimum Gasteiger partial charge on any atom is -0.369 e. The summed E-state index contributed by atoms with van der Waals surface area (Å²) < 4.78 is 9.76. The third-order valence-corrected chi connectivity index (χ3v) is 8.00. The number of hydrogen-bond acceptors (Lipinski definition) is 6. The molecule has 4 aromatic rings. The fourth-order valence-corrected chi connectivity index (χ4v) is 5.81. The molecule has 4 heterocycles. The number of ether oxygens (including phenoxy) is 1. The minimum atomic E-state index is -0.561. The van der Waals surface area contributed by atoms with Crippen molar-refractivity contribution in [3.63, 3.8) is 0 Å². The highest BCUT2D eigenvalue weighted by molar-refractivity contribution is 5.58.